The summed E-state index contributed by atoms with van der Waals surface area (Å²) in [7, 11) is 2.37. The summed E-state index contributed by atoms with van der Waals surface area (Å²) >= 11 is 0. The molecule has 0 atom stereocenters. The minimum atomic E-state index is -0.716. The van der Waals surface area contributed by atoms with E-state index >= 15 is 0 Å². The largest absolute Gasteiger partial charge is 0.465 e. The number of amides is 1. The van der Waals surface area contributed by atoms with Crippen molar-refractivity contribution < 1.29 is 28.8 Å². The molecule has 11 nitrogen and oxygen atoms in total. The molecule has 1 amide bonds. The summed E-state index contributed by atoms with van der Waals surface area (Å²) in [5, 5.41) is 16.8. The molecule has 136 valence electrons. The molecule has 1 aromatic carbocycles. The number of benzene rings is 1. The monoisotopic (exact) mass is 362 g/mol. The number of nitrogens with one attached hydrogen (secondary N) is 1. The lowest BCUT2D eigenvalue weighted by molar-refractivity contribution is -0.385. The Kier molecular flexibility index (Phi) is 5.63. The third-order valence-electron chi connectivity index (χ3n) is 3.26. The van der Waals surface area contributed by atoms with E-state index < -0.39 is 22.8 Å². The summed E-state index contributed by atoms with van der Waals surface area (Å²) in [5.41, 5.74) is -0.0859. The van der Waals surface area contributed by atoms with E-state index in [1.807, 2.05) is 0 Å². The normalized spacial score (nSPS) is 10.1. The second kappa shape index (κ2) is 7.88. The topological polar surface area (TPSA) is 143 Å². The van der Waals surface area contributed by atoms with Gasteiger partial charge < -0.3 is 14.8 Å². The number of carbonyl (C=O) groups is 3. The van der Waals surface area contributed by atoms with E-state index in [2.05, 4.69) is 19.9 Å². The minimum absolute atomic E-state index is 0.0277. The number of rotatable bonds is 6. The molecule has 26 heavy (non-hydrogen) atoms. The van der Waals surface area contributed by atoms with Crippen molar-refractivity contribution in [2.24, 2.45) is 0 Å². The van der Waals surface area contributed by atoms with Gasteiger partial charge in [0, 0.05) is 0 Å². The van der Waals surface area contributed by atoms with Gasteiger partial charge in [0.05, 0.1) is 36.0 Å². The van der Waals surface area contributed by atoms with Gasteiger partial charge >= 0.3 is 17.6 Å². The molecule has 11 heteroatoms. The summed E-state index contributed by atoms with van der Waals surface area (Å²) < 4.78 is 10.3. The maximum atomic E-state index is 12.2. The molecule has 0 spiro atoms. The van der Waals surface area contributed by atoms with Crippen molar-refractivity contribution in [1.29, 1.82) is 0 Å². The van der Waals surface area contributed by atoms with Crippen molar-refractivity contribution >= 4 is 29.2 Å². The van der Waals surface area contributed by atoms with Crippen LogP contribution in [0.2, 0.25) is 0 Å². The Morgan fingerprint density at radius 2 is 1.92 bits per heavy atom. The van der Waals surface area contributed by atoms with Gasteiger partial charge in [0.15, 0.2) is 0 Å². The zero-order valence-corrected chi connectivity index (χ0v) is 13.8. The van der Waals surface area contributed by atoms with Crippen LogP contribution in [0.3, 0.4) is 0 Å². The Bertz CT molecular complexity index is 875. The van der Waals surface area contributed by atoms with Gasteiger partial charge in [-0.2, -0.15) is 5.10 Å². The molecule has 0 aliphatic heterocycles. The van der Waals surface area contributed by atoms with Crippen molar-refractivity contribution in [3.63, 3.8) is 0 Å². The molecular formula is C15H14N4O7. The van der Waals surface area contributed by atoms with Gasteiger partial charge in [0.1, 0.15) is 18.9 Å². The van der Waals surface area contributed by atoms with Crippen LogP contribution >= 0.6 is 0 Å². The van der Waals surface area contributed by atoms with Gasteiger partial charge in [-0.25, -0.2) is 9.59 Å². The van der Waals surface area contributed by atoms with E-state index in [1.54, 1.807) is 0 Å². The van der Waals surface area contributed by atoms with Crippen molar-refractivity contribution in [3.05, 3.63) is 51.8 Å². The van der Waals surface area contributed by atoms with Gasteiger partial charge in [-0.3, -0.25) is 19.6 Å². The Labute approximate surface area is 146 Å². The van der Waals surface area contributed by atoms with Crippen LogP contribution in [-0.4, -0.2) is 46.8 Å². The third-order valence-corrected chi connectivity index (χ3v) is 3.26. The second-order valence-corrected chi connectivity index (χ2v) is 4.94. The number of nitro groups is 1. The quantitative estimate of drug-likeness (QED) is 0.455. The first kappa shape index (κ1) is 18.6. The molecule has 0 unspecified atom stereocenters. The number of methoxy groups -OCH3 is 2. The molecule has 0 bridgehead atoms. The SMILES string of the molecule is COC(=O)c1ccc(C(=O)OC)c(NC(=O)Cn2cc([N+](=O)[O-])cn2)c1. The summed E-state index contributed by atoms with van der Waals surface area (Å²) in [6.45, 7) is -0.336. The number of hydrogen-bond acceptors (Lipinski definition) is 8. The zero-order chi connectivity index (χ0) is 19.3. The smallest absolute Gasteiger partial charge is 0.339 e. The molecule has 1 N–H and O–H groups in total. The predicted molar refractivity (Wildman–Crippen MR) is 86.6 cm³/mol. The second-order valence-electron chi connectivity index (χ2n) is 4.94. The van der Waals surface area contributed by atoms with Crippen molar-refractivity contribution in [1.82, 2.24) is 9.78 Å². The zero-order valence-electron chi connectivity index (χ0n) is 13.8. The number of esters is 2. The average molecular weight is 362 g/mol. The summed E-state index contributed by atoms with van der Waals surface area (Å²) in [5.74, 6) is -1.98. The number of carbonyl (C=O) groups excluding carboxylic acids is 3. The summed E-state index contributed by atoms with van der Waals surface area (Å²) in [4.78, 5) is 45.6. The average Bonchev–Trinajstić information content (AvgIpc) is 3.08. The Hall–Kier alpha value is -3.76. The van der Waals surface area contributed by atoms with Crippen LogP contribution in [0.25, 0.3) is 0 Å². The molecule has 0 aliphatic rings. The highest BCUT2D eigenvalue weighted by atomic mass is 16.6. The van der Waals surface area contributed by atoms with E-state index in [9.17, 15) is 24.5 Å². The summed E-state index contributed by atoms with van der Waals surface area (Å²) in [6.07, 6.45) is 2.09. The maximum Gasteiger partial charge on any atom is 0.339 e. The molecule has 2 rings (SSSR count). The number of anilines is 1. The first-order valence-corrected chi connectivity index (χ1v) is 7.13. The van der Waals surface area contributed by atoms with Gasteiger partial charge in [0.2, 0.25) is 5.91 Å². The Morgan fingerprint density at radius 3 is 2.50 bits per heavy atom. The van der Waals surface area contributed by atoms with E-state index in [4.69, 9.17) is 0 Å². The highest BCUT2D eigenvalue weighted by Crippen LogP contribution is 2.20. The molecule has 1 heterocycles. The predicted octanol–water partition coefficient (Wildman–Crippen LogP) is 1.00. The number of hydrogen-bond donors (Lipinski definition) is 1. The van der Waals surface area contributed by atoms with E-state index in [0.29, 0.717) is 0 Å². The number of ether oxygens (including phenoxy) is 2. The molecule has 0 aliphatic carbocycles. The van der Waals surface area contributed by atoms with Crippen molar-refractivity contribution in [2.75, 3.05) is 19.5 Å². The third kappa shape index (κ3) is 4.20. The minimum Gasteiger partial charge on any atom is -0.465 e. The van der Waals surface area contributed by atoms with Gasteiger partial charge in [0.25, 0.3) is 0 Å². The molecule has 1 aromatic heterocycles. The van der Waals surface area contributed by atoms with Crippen LogP contribution < -0.4 is 5.32 Å². The molecule has 0 saturated heterocycles. The van der Waals surface area contributed by atoms with Crippen LogP contribution in [0.1, 0.15) is 20.7 Å². The molecular weight excluding hydrogens is 348 g/mol. The van der Waals surface area contributed by atoms with Crippen LogP contribution in [0.5, 0.6) is 0 Å². The molecule has 0 radical (unpaired) electrons. The maximum absolute atomic E-state index is 12.2. The molecule has 2 aromatic rings. The van der Waals surface area contributed by atoms with E-state index in [-0.39, 0.29) is 29.0 Å². The first-order chi connectivity index (χ1) is 12.3. The van der Waals surface area contributed by atoms with Gasteiger partial charge in [-0.05, 0) is 18.2 Å². The molecule has 0 saturated carbocycles. The standard InChI is InChI=1S/C15H14N4O7/c1-25-14(21)9-3-4-11(15(22)26-2)12(5-9)17-13(20)8-18-7-10(6-16-18)19(23)24/h3-7H,8H2,1-2H3,(H,17,20). The summed E-state index contributed by atoms with van der Waals surface area (Å²) in [6, 6.07) is 3.93. The molecule has 0 fully saturated rings. The van der Waals surface area contributed by atoms with Crippen LogP contribution in [0.15, 0.2) is 30.6 Å². The highest BCUT2D eigenvalue weighted by Gasteiger charge is 2.18. The fourth-order valence-electron chi connectivity index (χ4n) is 2.05. The lowest BCUT2D eigenvalue weighted by Gasteiger charge is -2.11. The highest BCUT2D eigenvalue weighted by molar-refractivity contribution is 6.03. The van der Waals surface area contributed by atoms with E-state index in [0.717, 1.165) is 17.1 Å². The van der Waals surface area contributed by atoms with Crippen molar-refractivity contribution in [3.8, 4) is 0 Å². The Morgan fingerprint density at radius 1 is 1.23 bits per heavy atom. The lowest BCUT2D eigenvalue weighted by atomic mass is 10.1. The number of aromatic nitrogens is 2. The Balaban J connectivity index is 2.24. The first-order valence-electron chi connectivity index (χ1n) is 7.13. The van der Waals surface area contributed by atoms with Crippen LogP contribution in [0, 0.1) is 10.1 Å². The van der Waals surface area contributed by atoms with Crippen molar-refractivity contribution in [2.45, 2.75) is 6.54 Å². The number of nitrogens with zero attached hydrogens (tertiary/aromatic N) is 3. The fourth-order valence-corrected chi connectivity index (χ4v) is 2.05. The fraction of sp³-hybridized carbons (Fsp3) is 0.200. The van der Waals surface area contributed by atoms with Gasteiger partial charge in [-0.15, -0.1) is 0 Å². The van der Waals surface area contributed by atoms with Gasteiger partial charge in [-0.1, -0.05) is 0 Å². The lowest BCUT2D eigenvalue weighted by Crippen LogP contribution is -2.21. The van der Waals surface area contributed by atoms with Crippen LogP contribution in [0.4, 0.5) is 11.4 Å². The van der Waals surface area contributed by atoms with Crippen LogP contribution in [-0.2, 0) is 20.8 Å². The van der Waals surface area contributed by atoms with E-state index in [1.165, 1.54) is 32.4 Å².